The van der Waals surface area contributed by atoms with Gasteiger partial charge in [-0.25, -0.2) is 0 Å². The van der Waals surface area contributed by atoms with Crippen LogP contribution in [0.3, 0.4) is 0 Å². The van der Waals surface area contributed by atoms with E-state index in [0.29, 0.717) is 6.54 Å². The largest absolute Gasteiger partial charge is 0.497 e. The molecule has 0 saturated carbocycles. The fraction of sp³-hybridized carbons (Fsp3) is 0.316. The summed E-state index contributed by atoms with van der Waals surface area (Å²) in [5.41, 5.74) is 2.14. The Hall–Kier alpha value is -2.33. The third kappa shape index (κ3) is 4.83. The van der Waals surface area contributed by atoms with Gasteiger partial charge in [0.2, 0.25) is 5.91 Å². The Kier molecular flexibility index (Phi) is 6.18. The maximum atomic E-state index is 12.5. The van der Waals surface area contributed by atoms with Gasteiger partial charge in [-0.2, -0.15) is 0 Å². The summed E-state index contributed by atoms with van der Waals surface area (Å²) in [4.78, 5) is 14.4. The molecular formula is C19H24N2O2. The molecule has 1 unspecified atom stereocenters. The number of rotatable bonds is 7. The lowest BCUT2D eigenvalue weighted by Crippen LogP contribution is -2.37. The van der Waals surface area contributed by atoms with Gasteiger partial charge in [0, 0.05) is 6.54 Å². The van der Waals surface area contributed by atoms with Crippen molar-refractivity contribution in [3.05, 3.63) is 65.7 Å². The minimum Gasteiger partial charge on any atom is -0.497 e. The third-order valence-electron chi connectivity index (χ3n) is 3.73. The molecule has 2 rings (SSSR count). The zero-order chi connectivity index (χ0) is 16.7. The summed E-state index contributed by atoms with van der Waals surface area (Å²) in [5.74, 6) is 0.855. The first-order chi connectivity index (χ1) is 11.1. The smallest absolute Gasteiger partial charge is 0.241 e. The van der Waals surface area contributed by atoms with Gasteiger partial charge >= 0.3 is 0 Å². The first kappa shape index (κ1) is 17.0. The van der Waals surface area contributed by atoms with E-state index in [0.717, 1.165) is 23.3 Å². The maximum absolute atomic E-state index is 12.5. The van der Waals surface area contributed by atoms with Crippen molar-refractivity contribution in [3.8, 4) is 5.75 Å². The van der Waals surface area contributed by atoms with E-state index in [1.807, 2.05) is 73.6 Å². The molecule has 2 aromatic rings. The fourth-order valence-corrected chi connectivity index (χ4v) is 2.57. The average Bonchev–Trinajstić information content (AvgIpc) is 2.56. The maximum Gasteiger partial charge on any atom is 0.241 e. The molecule has 0 aliphatic rings. The van der Waals surface area contributed by atoms with Gasteiger partial charge < -0.3 is 10.1 Å². The molecule has 0 heterocycles. The van der Waals surface area contributed by atoms with Crippen LogP contribution in [0.2, 0.25) is 0 Å². The molecule has 122 valence electrons. The Bertz CT molecular complexity index is 626. The highest BCUT2D eigenvalue weighted by atomic mass is 16.5. The average molecular weight is 312 g/mol. The summed E-state index contributed by atoms with van der Waals surface area (Å²) < 4.78 is 5.22. The number of hydrogen-bond donors (Lipinski definition) is 1. The summed E-state index contributed by atoms with van der Waals surface area (Å²) in [5, 5.41) is 3.03. The topological polar surface area (TPSA) is 41.6 Å². The van der Waals surface area contributed by atoms with Crippen molar-refractivity contribution in [2.45, 2.75) is 12.5 Å². The summed E-state index contributed by atoms with van der Waals surface area (Å²) in [6.07, 6.45) is 0.776. The van der Waals surface area contributed by atoms with E-state index in [9.17, 15) is 4.79 Å². The van der Waals surface area contributed by atoms with Crippen molar-refractivity contribution in [1.29, 1.82) is 0 Å². The van der Waals surface area contributed by atoms with Crippen LogP contribution in [0.5, 0.6) is 5.75 Å². The number of carbonyl (C=O) groups is 1. The highest BCUT2D eigenvalue weighted by Crippen LogP contribution is 2.18. The Balaban J connectivity index is 1.94. The second-order valence-electron chi connectivity index (χ2n) is 5.67. The van der Waals surface area contributed by atoms with Crippen molar-refractivity contribution in [1.82, 2.24) is 10.2 Å². The monoisotopic (exact) mass is 312 g/mol. The zero-order valence-corrected chi connectivity index (χ0v) is 14.0. The number of nitrogens with one attached hydrogen (secondary N) is 1. The molecule has 1 amide bonds. The number of benzene rings is 2. The van der Waals surface area contributed by atoms with Gasteiger partial charge in [0.1, 0.15) is 11.8 Å². The fourth-order valence-electron chi connectivity index (χ4n) is 2.57. The lowest BCUT2D eigenvalue weighted by molar-refractivity contribution is -0.125. The standard InChI is InChI=1S/C19H24N2O2/c1-21(2)18(16-9-5-4-6-10-16)19(22)20-13-12-15-8-7-11-17(14-15)23-3/h4-11,14,18H,12-13H2,1-3H3,(H,20,22). The van der Waals surface area contributed by atoms with Gasteiger partial charge in [-0.1, -0.05) is 42.5 Å². The SMILES string of the molecule is COc1cccc(CCNC(=O)C(c2ccccc2)N(C)C)c1. The lowest BCUT2D eigenvalue weighted by atomic mass is 10.1. The van der Waals surface area contributed by atoms with Crippen LogP contribution in [-0.4, -0.2) is 38.6 Å². The van der Waals surface area contributed by atoms with Crippen molar-refractivity contribution in [3.63, 3.8) is 0 Å². The van der Waals surface area contributed by atoms with Crippen molar-refractivity contribution < 1.29 is 9.53 Å². The van der Waals surface area contributed by atoms with Crippen LogP contribution in [0.1, 0.15) is 17.2 Å². The second-order valence-corrected chi connectivity index (χ2v) is 5.67. The van der Waals surface area contributed by atoms with E-state index in [-0.39, 0.29) is 11.9 Å². The van der Waals surface area contributed by atoms with Crippen LogP contribution < -0.4 is 10.1 Å². The molecule has 0 fully saturated rings. The van der Waals surface area contributed by atoms with Crippen LogP contribution in [-0.2, 0) is 11.2 Å². The van der Waals surface area contributed by atoms with Crippen LogP contribution in [0.4, 0.5) is 0 Å². The third-order valence-corrected chi connectivity index (χ3v) is 3.73. The van der Waals surface area contributed by atoms with E-state index in [2.05, 4.69) is 5.32 Å². The van der Waals surface area contributed by atoms with Crippen LogP contribution in [0.25, 0.3) is 0 Å². The number of likely N-dealkylation sites (N-methyl/N-ethyl adjacent to an activating group) is 1. The first-order valence-electron chi connectivity index (χ1n) is 7.74. The summed E-state index contributed by atoms with van der Waals surface area (Å²) >= 11 is 0. The second kappa shape index (κ2) is 8.34. The molecule has 0 spiro atoms. The van der Waals surface area contributed by atoms with Gasteiger partial charge in [0.15, 0.2) is 0 Å². The molecule has 0 aliphatic heterocycles. The molecule has 1 atom stereocenters. The molecule has 2 aromatic carbocycles. The number of ether oxygens (including phenoxy) is 1. The minimum atomic E-state index is -0.276. The van der Waals surface area contributed by atoms with Crippen molar-refractivity contribution in [2.75, 3.05) is 27.7 Å². The number of methoxy groups -OCH3 is 1. The van der Waals surface area contributed by atoms with E-state index in [1.165, 1.54) is 0 Å². The summed E-state index contributed by atoms with van der Waals surface area (Å²) in [6, 6.07) is 17.5. The molecule has 23 heavy (non-hydrogen) atoms. The van der Waals surface area contributed by atoms with E-state index in [4.69, 9.17) is 4.74 Å². The van der Waals surface area contributed by atoms with Crippen molar-refractivity contribution in [2.24, 2.45) is 0 Å². The molecule has 0 bridgehead atoms. The zero-order valence-electron chi connectivity index (χ0n) is 14.0. The number of carbonyl (C=O) groups excluding carboxylic acids is 1. The van der Waals surface area contributed by atoms with Crippen molar-refractivity contribution >= 4 is 5.91 Å². The number of amides is 1. The van der Waals surface area contributed by atoms with Gasteiger partial charge in [0.25, 0.3) is 0 Å². The van der Waals surface area contributed by atoms with Gasteiger partial charge in [0.05, 0.1) is 7.11 Å². The highest BCUT2D eigenvalue weighted by molar-refractivity contribution is 5.83. The molecule has 0 saturated heterocycles. The molecule has 0 aliphatic carbocycles. The Labute approximate surface area is 138 Å². The summed E-state index contributed by atoms with van der Waals surface area (Å²) in [7, 11) is 5.49. The first-order valence-corrected chi connectivity index (χ1v) is 7.74. The molecular weight excluding hydrogens is 288 g/mol. The van der Waals surface area contributed by atoms with Gasteiger partial charge in [-0.15, -0.1) is 0 Å². The minimum absolute atomic E-state index is 0.0177. The quantitative estimate of drug-likeness (QED) is 0.854. The van der Waals surface area contributed by atoms with E-state index < -0.39 is 0 Å². The Morgan fingerprint density at radius 3 is 2.52 bits per heavy atom. The van der Waals surface area contributed by atoms with Gasteiger partial charge in [-0.3, -0.25) is 9.69 Å². The predicted molar refractivity (Wildman–Crippen MR) is 92.6 cm³/mol. The molecule has 0 aromatic heterocycles. The lowest BCUT2D eigenvalue weighted by Gasteiger charge is -2.23. The van der Waals surface area contributed by atoms with E-state index in [1.54, 1.807) is 7.11 Å². The van der Waals surface area contributed by atoms with Gasteiger partial charge in [-0.05, 0) is 43.8 Å². The van der Waals surface area contributed by atoms with Crippen LogP contribution >= 0.6 is 0 Å². The molecule has 1 N–H and O–H groups in total. The number of hydrogen-bond acceptors (Lipinski definition) is 3. The number of nitrogens with zero attached hydrogens (tertiary/aromatic N) is 1. The molecule has 4 heteroatoms. The Morgan fingerprint density at radius 1 is 1.13 bits per heavy atom. The van der Waals surface area contributed by atoms with E-state index >= 15 is 0 Å². The normalized spacial score (nSPS) is 12.0. The van der Waals surface area contributed by atoms with Crippen LogP contribution in [0.15, 0.2) is 54.6 Å². The Morgan fingerprint density at radius 2 is 1.87 bits per heavy atom. The molecule has 4 nitrogen and oxygen atoms in total. The summed E-state index contributed by atoms with van der Waals surface area (Å²) in [6.45, 7) is 0.600. The van der Waals surface area contributed by atoms with Crippen LogP contribution in [0, 0.1) is 0 Å². The molecule has 0 radical (unpaired) electrons. The predicted octanol–water partition coefficient (Wildman–Crippen LogP) is 2.66. The highest BCUT2D eigenvalue weighted by Gasteiger charge is 2.22.